The molecular formula is C17H18O3S. The van der Waals surface area contributed by atoms with Crippen molar-refractivity contribution in [3.8, 4) is 0 Å². The first-order valence-electron chi connectivity index (χ1n) is 6.82. The third-order valence-electron chi connectivity index (χ3n) is 2.95. The van der Waals surface area contributed by atoms with Crippen LogP contribution in [0.2, 0.25) is 0 Å². The summed E-state index contributed by atoms with van der Waals surface area (Å²) in [5, 5.41) is 9.84. The van der Waals surface area contributed by atoms with Crippen LogP contribution < -0.4 is 0 Å². The lowest BCUT2D eigenvalue weighted by molar-refractivity contribution is -0.153. The zero-order valence-corrected chi connectivity index (χ0v) is 12.7. The first-order valence-corrected chi connectivity index (χ1v) is 7.80. The molecule has 0 bridgehead atoms. The van der Waals surface area contributed by atoms with E-state index in [0.29, 0.717) is 5.56 Å². The minimum Gasteiger partial charge on any atom is -0.464 e. The molecule has 0 aliphatic carbocycles. The van der Waals surface area contributed by atoms with Crippen LogP contribution in [0, 0.1) is 0 Å². The van der Waals surface area contributed by atoms with E-state index in [1.165, 1.54) is 4.90 Å². The fourth-order valence-electron chi connectivity index (χ4n) is 1.84. The molecule has 0 aliphatic heterocycles. The number of ether oxygens (including phenoxy) is 1. The van der Waals surface area contributed by atoms with Crippen LogP contribution in [0.4, 0.5) is 0 Å². The Bertz CT molecular complexity index is 566. The Balaban J connectivity index is 1.94. The maximum atomic E-state index is 11.5. The van der Waals surface area contributed by atoms with Gasteiger partial charge in [-0.1, -0.05) is 42.5 Å². The van der Waals surface area contributed by atoms with E-state index in [0.717, 1.165) is 11.3 Å². The van der Waals surface area contributed by atoms with Gasteiger partial charge in [0.25, 0.3) is 0 Å². The third kappa shape index (κ3) is 4.62. The van der Waals surface area contributed by atoms with Crippen LogP contribution in [0.25, 0.3) is 0 Å². The number of benzene rings is 2. The highest BCUT2D eigenvalue weighted by atomic mass is 32.2. The fourth-order valence-corrected chi connectivity index (χ4v) is 2.71. The number of esters is 1. The van der Waals surface area contributed by atoms with Crippen LogP contribution in [0.1, 0.15) is 24.2 Å². The quantitative estimate of drug-likeness (QED) is 0.654. The molecular weight excluding hydrogens is 284 g/mol. The van der Waals surface area contributed by atoms with E-state index >= 15 is 0 Å². The predicted molar refractivity (Wildman–Crippen MR) is 84.0 cm³/mol. The van der Waals surface area contributed by atoms with E-state index in [-0.39, 0.29) is 6.61 Å². The van der Waals surface area contributed by atoms with Gasteiger partial charge >= 0.3 is 5.97 Å². The molecule has 0 fully saturated rings. The molecule has 0 heterocycles. The van der Waals surface area contributed by atoms with Crippen molar-refractivity contribution in [1.82, 2.24) is 0 Å². The van der Waals surface area contributed by atoms with Crippen molar-refractivity contribution >= 4 is 17.7 Å². The highest BCUT2D eigenvalue weighted by molar-refractivity contribution is 7.98. The molecule has 3 nitrogen and oxygen atoms in total. The second-order valence-electron chi connectivity index (χ2n) is 4.50. The van der Waals surface area contributed by atoms with E-state index in [2.05, 4.69) is 12.1 Å². The van der Waals surface area contributed by atoms with Crippen molar-refractivity contribution in [2.45, 2.75) is 23.7 Å². The summed E-state index contributed by atoms with van der Waals surface area (Å²) >= 11 is 1.75. The summed E-state index contributed by atoms with van der Waals surface area (Å²) in [7, 11) is 0. The van der Waals surface area contributed by atoms with Crippen molar-refractivity contribution in [2.24, 2.45) is 0 Å². The Morgan fingerprint density at radius 2 is 1.81 bits per heavy atom. The lowest BCUT2D eigenvalue weighted by atomic mass is 10.1. The zero-order chi connectivity index (χ0) is 15.1. The normalized spacial score (nSPS) is 11.9. The van der Waals surface area contributed by atoms with Gasteiger partial charge in [0, 0.05) is 10.6 Å². The summed E-state index contributed by atoms with van der Waals surface area (Å²) in [6, 6.07) is 17.6. The highest BCUT2D eigenvalue weighted by Gasteiger charge is 2.18. The lowest BCUT2D eigenvalue weighted by Gasteiger charge is -2.10. The van der Waals surface area contributed by atoms with Crippen LogP contribution in [0.5, 0.6) is 0 Å². The number of aliphatic hydroxyl groups excluding tert-OH is 1. The zero-order valence-electron chi connectivity index (χ0n) is 11.9. The predicted octanol–water partition coefficient (Wildman–Crippen LogP) is 3.58. The smallest absolute Gasteiger partial charge is 0.339 e. The van der Waals surface area contributed by atoms with Gasteiger partial charge in [-0.25, -0.2) is 4.79 Å². The van der Waals surface area contributed by atoms with Gasteiger partial charge in [-0.05, 0) is 30.2 Å². The van der Waals surface area contributed by atoms with Gasteiger partial charge in [0.05, 0.1) is 6.61 Å². The van der Waals surface area contributed by atoms with Gasteiger partial charge in [-0.3, -0.25) is 0 Å². The second-order valence-corrected chi connectivity index (χ2v) is 5.55. The molecule has 21 heavy (non-hydrogen) atoms. The van der Waals surface area contributed by atoms with Crippen molar-refractivity contribution in [3.05, 3.63) is 65.7 Å². The van der Waals surface area contributed by atoms with Gasteiger partial charge in [-0.15, -0.1) is 11.8 Å². The molecule has 1 unspecified atom stereocenters. The molecule has 110 valence electrons. The van der Waals surface area contributed by atoms with Crippen LogP contribution in [-0.2, 0) is 15.3 Å². The Kier molecular flexibility index (Phi) is 5.84. The summed E-state index contributed by atoms with van der Waals surface area (Å²) in [5.74, 6) is 0.240. The molecule has 0 aromatic heterocycles. The van der Waals surface area contributed by atoms with E-state index < -0.39 is 12.1 Å². The van der Waals surface area contributed by atoms with Crippen molar-refractivity contribution in [2.75, 3.05) is 6.61 Å². The molecule has 1 N–H and O–H groups in total. The van der Waals surface area contributed by atoms with Crippen molar-refractivity contribution in [1.29, 1.82) is 0 Å². The molecule has 4 heteroatoms. The summed E-state index contributed by atoms with van der Waals surface area (Å²) in [4.78, 5) is 12.7. The Morgan fingerprint density at radius 1 is 1.14 bits per heavy atom. The molecule has 0 aliphatic rings. The van der Waals surface area contributed by atoms with E-state index in [4.69, 9.17) is 4.74 Å². The minimum absolute atomic E-state index is 0.266. The lowest BCUT2D eigenvalue weighted by Crippen LogP contribution is -2.15. The number of rotatable bonds is 6. The van der Waals surface area contributed by atoms with Crippen LogP contribution >= 0.6 is 11.8 Å². The molecule has 0 spiro atoms. The second kappa shape index (κ2) is 7.86. The van der Waals surface area contributed by atoms with Crippen molar-refractivity contribution in [3.63, 3.8) is 0 Å². The van der Waals surface area contributed by atoms with Crippen LogP contribution in [0.3, 0.4) is 0 Å². The molecule has 0 saturated heterocycles. The number of thioether (sulfide) groups is 1. The van der Waals surface area contributed by atoms with Gasteiger partial charge < -0.3 is 9.84 Å². The molecule has 0 radical (unpaired) electrons. The largest absolute Gasteiger partial charge is 0.464 e. The van der Waals surface area contributed by atoms with Crippen molar-refractivity contribution < 1.29 is 14.6 Å². The number of hydrogen-bond donors (Lipinski definition) is 1. The first-order chi connectivity index (χ1) is 10.2. The maximum Gasteiger partial charge on any atom is 0.339 e. The summed E-state index contributed by atoms with van der Waals surface area (Å²) in [6.45, 7) is 1.98. The number of hydrogen-bond acceptors (Lipinski definition) is 4. The van der Waals surface area contributed by atoms with Gasteiger partial charge in [0.15, 0.2) is 6.10 Å². The summed E-state index contributed by atoms with van der Waals surface area (Å²) < 4.78 is 4.80. The Hall–Kier alpha value is -1.78. The van der Waals surface area contributed by atoms with Gasteiger partial charge in [0.2, 0.25) is 0 Å². The average Bonchev–Trinajstić information content (AvgIpc) is 2.54. The number of carbonyl (C=O) groups excluding carboxylic acids is 1. The van der Waals surface area contributed by atoms with E-state index in [1.807, 2.05) is 30.3 Å². The molecule has 0 saturated carbocycles. The molecule has 2 rings (SSSR count). The summed E-state index contributed by atoms with van der Waals surface area (Å²) in [6.07, 6.45) is -1.21. The van der Waals surface area contributed by atoms with Crippen LogP contribution in [-0.4, -0.2) is 17.7 Å². The SMILES string of the molecule is CCOC(=O)C(O)c1ccc(CSc2ccccc2)cc1. The maximum absolute atomic E-state index is 11.5. The monoisotopic (exact) mass is 302 g/mol. The molecule has 2 aromatic rings. The number of aliphatic hydroxyl groups is 1. The summed E-state index contributed by atoms with van der Waals surface area (Å²) in [5.41, 5.74) is 1.70. The first kappa shape index (κ1) is 15.6. The molecule has 2 aromatic carbocycles. The molecule has 0 amide bonds. The highest BCUT2D eigenvalue weighted by Crippen LogP contribution is 2.23. The van der Waals surface area contributed by atoms with Crippen LogP contribution in [0.15, 0.2) is 59.5 Å². The van der Waals surface area contributed by atoms with E-state index in [1.54, 1.807) is 30.8 Å². The standard InChI is InChI=1S/C17H18O3S/c1-2-20-17(19)16(18)14-10-8-13(9-11-14)12-21-15-6-4-3-5-7-15/h3-11,16,18H,2,12H2,1H3. The average molecular weight is 302 g/mol. The third-order valence-corrected chi connectivity index (χ3v) is 4.04. The van der Waals surface area contributed by atoms with E-state index in [9.17, 15) is 9.90 Å². The minimum atomic E-state index is -1.21. The molecule has 1 atom stereocenters. The number of carbonyl (C=O) groups is 1. The van der Waals surface area contributed by atoms with Gasteiger partial charge in [-0.2, -0.15) is 0 Å². The topological polar surface area (TPSA) is 46.5 Å². The Labute approximate surface area is 129 Å². The van der Waals surface area contributed by atoms with Gasteiger partial charge in [0.1, 0.15) is 0 Å². The fraction of sp³-hybridized carbons (Fsp3) is 0.235. The Morgan fingerprint density at radius 3 is 2.43 bits per heavy atom.